The van der Waals surface area contributed by atoms with Gasteiger partial charge in [-0.25, -0.2) is 0 Å². The van der Waals surface area contributed by atoms with E-state index in [0.29, 0.717) is 13.3 Å². The molecular weight excluding hydrogens is 267 g/mol. The van der Waals surface area contributed by atoms with E-state index in [1.54, 1.807) is 18.3 Å². The summed E-state index contributed by atoms with van der Waals surface area (Å²) in [5.41, 5.74) is 9.92. The molecule has 0 fully saturated rings. The van der Waals surface area contributed by atoms with Crippen LogP contribution in [0.15, 0.2) is 34.5 Å². The van der Waals surface area contributed by atoms with Crippen LogP contribution in [0.5, 0.6) is 0 Å². The number of nitrogens with two attached hydrogens (primary N) is 1. The third kappa shape index (κ3) is 2.32. The monoisotopic (exact) mass is 280 g/mol. The van der Waals surface area contributed by atoms with Crippen molar-refractivity contribution in [3.8, 4) is 0 Å². The van der Waals surface area contributed by atoms with Crippen molar-refractivity contribution in [1.29, 1.82) is 0 Å². The summed E-state index contributed by atoms with van der Waals surface area (Å²) in [5.74, 6) is 0.723. The lowest BCUT2D eigenvalue weighted by molar-refractivity contribution is 0.101. The van der Waals surface area contributed by atoms with E-state index in [1.165, 1.54) is 5.46 Å². The number of hydrogen-bond acceptors (Lipinski definition) is 4. The summed E-state index contributed by atoms with van der Waals surface area (Å²) in [7, 11) is 0.665. The van der Waals surface area contributed by atoms with Crippen molar-refractivity contribution in [2.24, 2.45) is 10.6 Å². The molecule has 0 spiro atoms. The van der Waals surface area contributed by atoms with Gasteiger partial charge in [-0.3, -0.25) is 4.79 Å². The average molecular weight is 280 g/mol. The molecule has 0 saturated heterocycles. The maximum absolute atomic E-state index is 11.4. The van der Waals surface area contributed by atoms with Crippen LogP contribution in [0.1, 0.15) is 33.3 Å². The highest BCUT2D eigenvalue weighted by atomic mass is 32.1. The number of ketones is 1. The third-order valence-electron chi connectivity index (χ3n) is 3.31. The molecule has 98 valence electrons. The quantitative estimate of drug-likeness (QED) is 0.688. The molecule has 1 aliphatic heterocycles. The molecule has 1 aromatic heterocycles. The number of carbonyl (C=O) groups excluding carboxylic acids is 1. The van der Waals surface area contributed by atoms with Crippen LogP contribution in [-0.2, 0) is 0 Å². The Labute approximate surface area is 122 Å². The average Bonchev–Trinajstić information content (AvgIpc) is 3.00. The largest absolute Gasteiger partial charge is 0.384 e. The molecule has 2 N–H and O–H groups in total. The number of benzene rings is 1. The highest BCUT2D eigenvalue weighted by molar-refractivity contribution is 7.14. The van der Waals surface area contributed by atoms with Crippen LogP contribution < -0.4 is 11.2 Å². The lowest BCUT2D eigenvalue weighted by Crippen LogP contribution is -2.15. The van der Waals surface area contributed by atoms with Gasteiger partial charge in [0.05, 0.1) is 4.88 Å². The Morgan fingerprint density at radius 2 is 2.25 bits per heavy atom. The van der Waals surface area contributed by atoms with E-state index >= 15 is 0 Å². The molecule has 2 aromatic rings. The molecule has 0 unspecified atom stereocenters. The number of hydrogen-bond donors (Lipinski definition) is 1. The van der Waals surface area contributed by atoms with E-state index in [9.17, 15) is 4.79 Å². The number of thiophene rings is 1. The Balaban J connectivity index is 1.87. The van der Waals surface area contributed by atoms with Crippen LogP contribution >= 0.6 is 11.3 Å². The Morgan fingerprint density at radius 1 is 1.40 bits per heavy atom. The van der Waals surface area contributed by atoms with E-state index in [4.69, 9.17) is 5.73 Å². The van der Waals surface area contributed by atoms with Gasteiger partial charge in [-0.1, -0.05) is 30.4 Å². The number of Topliss-reactive ketones (excluding diaryl/α,β-unsaturated/α-hetero) is 1. The van der Waals surface area contributed by atoms with Crippen molar-refractivity contribution in [2.45, 2.75) is 6.92 Å². The van der Waals surface area contributed by atoms with Crippen LogP contribution in [-0.4, -0.2) is 19.0 Å². The van der Waals surface area contributed by atoms with Gasteiger partial charge in [0.15, 0.2) is 5.78 Å². The predicted molar refractivity (Wildman–Crippen MR) is 87.2 cm³/mol. The summed E-state index contributed by atoms with van der Waals surface area (Å²) in [6.07, 6.45) is 4.08. The molecule has 20 heavy (non-hydrogen) atoms. The van der Waals surface area contributed by atoms with Gasteiger partial charge < -0.3 is 10.6 Å². The molecule has 3 nitrogen and oxygen atoms in total. The Hall–Kier alpha value is -2.14. The van der Waals surface area contributed by atoms with Gasteiger partial charge in [-0.15, -0.1) is 11.3 Å². The lowest BCUT2D eigenvalue weighted by Gasteiger charge is -1.98. The fourth-order valence-electron chi connectivity index (χ4n) is 2.20. The zero-order valence-electron chi connectivity index (χ0n) is 11.1. The van der Waals surface area contributed by atoms with Gasteiger partial charge >= 0.3 is 0 Å². The SMILES string of the molecule is CC(=O)c1cccc(/C=C/c2csc3c2BN=C3N)c1. The summed E-state index contributed by atoms with van der Waals surface area (Å²) in [6.45, 7) is 1.58. The highest BCUT2D eigenvalue weighted by Crippen LogP contribution is 2.18. The summed E-state index contributed by atoms with van der Waals surface area (Å²) in [5, 5.41) is 2.09. The minimum Gasteiger partial charge on any atom is -0.384 e. The molecule has 5 heteroatoms. The predicted octanol–water partition coefficient (Wildman–Crippen LogP) is 1.82. The van der Waals surface area contributed by atoms with Gasteiger partial charge in [0.2, 0.25) is 0 Å². The zero-order chi connectivity index (χ0) is 14.1. The second kappa shape index (κ2) is 5.09. The van der Waals surface area contributed by atoms with Crippen molar-refractivity contribution in [3.05, 3.63) is 51.2 Å². The van der Waals surface area contributed by atoms with Crippen molar-refractivity contribution in [2.75, 3.05) is 0 Å². The normalized spacial score (nSPS) is 13.2. The van der Waals surface area contributed by atoms with E-state index in [2.05, 4.69) is 16.4 Å². The van der Waals surface area contributed by atoms with E-state index < -0.39 is 0 Å². The molecule has 1 aromatic carbocycles. The van der Waals surface area contributed by atoms with Gasteiger partial charge in [0.1, 0.15) is 5.84 Å². The second-order valence-electron chi connectivity index (χ2n) is 4.72. The van der Waals surface area contributed by atoms with Gasteiger partial charge in [0.25, 0.3) is 7.41 Å². The molecule has 0 saturated carbocycles. The summed E-state index contributed by atoms with van der Waals surface area (Å²) >= 11 is 1.63. The molecule has 0 radical (unpaired) electrons. The first-order chi connectivity index (χ1) is 9.65. The van der Waals surface area contributed by atoms with Crippen LogP contribution in [0.4, 0.5) is 0 Å². The fourth-order valence-corrected chi connectivity index (χ4v) is 3.17. The molecule has 0 atom stereocenters. The van der Waals surface area contributed by atoms with Crippen LogP contribution in [0.25, 0.3) is 12.2 Å². The van der Waals surface area contributed by atoms with Gasteiger partial charge in [-0.05, 0) is 35.0 Å². The van der Waals surface area contributed by atoms with Crippen molar-refractivity contribution < 1.29 is 4.79 Å². The van der Waals surface area contributed by atoms with Crippen molar-refractivity contribution >= 4 is 48.0 Å². The number of amidine groups is 1. The summed E-state index contributed by atoms with van der Waals surface area (Å²) < 4.78 is 0. The summed E-state index contributed by atoms with van der Waals surface area (Å²) in [6, 6.07) is 7.61. The number of fused-ring (bicyclic) bond motifs is 1. The van der Waals surface area contributed by atoms with E-state index in [1.807, 2.05) is 30.3 Å². The first-order valence-corrected chi connectivity index (χ1v) is 7.23. The highest BCUT2D eigenvalue weighted by Gasteiger charge is 2.18. The van der Waals surface area contributed by atoms with Crippen molar-refractivity contribution in [1.82, 2.24) is 0 Å². The molecular formula is C15H13BN2OS. The first kappa shape index (κ1) is 12.9. The minimum atomic E-state index is 0.0813. The minimum absolute atomic E-state index is 0.0813. The standard InChI is InChI=1S/C15H13BN2OS/c1-9(19)11-4-2-3-10(7-11)5-6-12-8-20-14-13(12)16-18-15(14)17/h2-8,16H,1H3,(H2,17,18)/b6-5+. The third-order valence-corrected chi connectivity index (χ3v) is 4.38. The maximum Gasteiger partial charge on any atom is 0.299 e. The van der Waals surface area contributed by atoms with Crippen LogP contribution in [0.2, 0.25) is 0 Å². The van der Waals surface area contributed by atoms with Crippen molar-refractivity contribution in [3.63, 3.8) is 0 Å². The van der Waals surface area contributed by atoms with E-state index in [0.717, 1.165) is 21.6 Å². The van der Waals surface area contributed by atoms with Crippen LogP contribution in [0, 0.1) is 0 Å². The first-order valence-electron chi connectivity index (χ1n) is 6.35. The Bertz CT molecular complexity index is 746. The Morgan fingerprint density at radius 3 is 3.05 bits per heavy atom. The number of carbonyl (C=O) groups is 1. The Kier molecular flexibility index (Phi) is 3.28. The van der Waals surface area contributed by atoms with Crippen LogP contribution in [0.3, 0.4) is 0 Å². The number of rotatable bonds is 3. The number of nitrogens with zero attached hydrogens (tertiary/aromatic N) is 1. The smallest absolute Gasteiger partial charge is 0.299 e. The second-order valence-corrected chi connectivity index (χ2v) is 5.59. The van der Waals surface area contributed by atoms with Gasteiger partial charge in [0, 0.05) is 5.56 Å². The lowest BCUT2D eigenvalue weighted by atomic mass is 9.83. The zero-order valence-corrected chi connectivity index (χ0v) is 11.9. The molecule has 2 heterocycles. The molecule has 0 amide bonds. The molecule has 0 aliphatic carbocycles. The molecule has 1 aliphatic rings. The van der Waals surface area contributed by atoms with E-state index in [-0.39, 0.29) is 5.78 Å². The molecule has 3 rings (SSSR count). The maximum atomic E-state index is 11.4. The topological polar surface area (TPSA) is 55.5 Å². The summed E-state index contributed by atoms with van der Waals surface area (Å²) in [4.78, 5) is 16.7. The van der Waals surface area contributed by atoms with Gasteiger partial charge in [-0.2, -0.15) is 0 Å². The fraction of sp³-hybridized carbons (Fsp3) is 0.0667. The molecule has 0 bridgehead atoms.